The molecule has 2 aliphatic rings. The molecule has 0 spiro atoms. The van der Waals surface area contributed by atoms with Gasteiger partial charge in [0, 0.05) is 30.4 Å². The zero-order valence-corrected chi connectivity index (χ0v) is 36.0. The van der Waals surface area contributed by atoms with E-state index in [1.807, 2.05) is 37.3 Å². The second-order valence-corrected chi connectivity index (χ2v) is 17.4. The molecule has 2 heterocycles. The lowest BCUT2D eigenvalue weighted by atomic mass is 9.97. The highest BCUT2D eigenvalue weighted by molar-refractivity contribution is 8.14. The Bertz CT molecular complexity index is 1670. The van der Waals surface area contributed by atoms with Crippen molar-refractivity contribution < 1.29 is 43.7 Å². The van der Waals surface area contributed by atoms with Crippen LogP contribution < -0.4 is 26.4 Å². The number of hydrogen-bond donors (Lipinski definition) is 5. The number of aliphatic imine (C=N–C) groups is 2. The molecule has 0 bridgehead atoms. The standard InChI is InChI=1S/C41H63N7O9S/c1-10-24(5)33(46-34(50)28(11-2)44-35(51)32(23(3)4)47-40(56)57-41(7,8)9)36(52)42-25(6)38(53)48-19-15-18-27(48)21-31(49)43-29(20-26-16-13-12-14-17-26)37-45-30(22-58-37)39(54)55/h12-14,16-17,23-25,27-30,32-33H,10-11,15,18-22H2,1-9H3,(H,42,52)(H,43,49)(H,44,51)(H,46,50)(H,47,56)(H,54,55)/p-1/t24-,25-,27?,28-,29-,30-,32+,33?/m0/s1. The van der Waals surface area contributed by atoms with Crippen LogP contribution in [0.3, 0.4) is 0 Å². The Morgan fingerprint density at radius 1 is 0.966 bits per heavy atom. The smallest absolute Gasteiger partial charge is 0.329 e. The number of aliphatic carboxylic acids is 1. The van der Waals surface area contributed by atoms with Crippen molar-refractivity contribution in [2.24, 2.45) is 21.8 Å². The van der Waals surface area contributed by atoms with Crippen molar-refractivity contribution in [3.05, 3.63) is 35.9 Å². The van der Waals surface area contributed by atoms with E-state index in [9.17, 15) is 39.0 Å². The van der Waals surface area contributed by atoms with Gasteiger partial charge in [0.05, 0.1) is 11.1 Å². The van der Waals surface area contributed by atoms with Gasteiger partial charge in [0.15, 0.2) is 6.04 Å². The van der Waals surface area contributed by atoms with Crippen molar-refractivity contribution in [2.75, 3.05) is 12.3 Å². The van der Waals surface area contributed by atoms with Crippen LogP contribution in [-0.2, 0) is 39.9 Å². The zero-order chi connectivity index (χ0) is 43.3. The number of carboxylic acid groups (broad SMARTS) is 1. The van der Waals surface area contributed by atoms with Crippen molar-refractivity contribution in [1.29, 1.82) is 0 Å². The molecule has 0 aromatic heterocycles. The number of nitrogens with one attached hydrogen (secondary N) is 4. The summed E-state index contributed by atoms with van der Waals surface area (Å²) in [6.07, 6.45) is 1.49. The summed E-state index contributed by atoms with van der Waals surface area (Å²) >= 11 is 1.31. The van der Waals surface area contributed by atoms with Gasteiger partial charge >= 0.3 is 5.97 Å². The highest BCUT2D eigenvalue weighted by atomic mass is 32.2. The van der Waals surface area contributed by atoms with Gasteiger partial charge in [0.25, 0.3) is 0 Å². The fourth-order valence-electron chi connectivity index (χ4n) is 6.66. The van der Waals surface area contributed by atoms with E-state index in [-0.39, 0.29) is 42.2 Å². The first-order valence-corrected chi connectivity index (χ1v) is 21.1. The molecule has 0 radical (unpaired) electrons. The summed E-state index contributed by atoms with van der Waals surface area (Å²) in [5, 5.41) is 33.7. The first-order chi connectivity index (χ1) is 27.2. The van der Waals surface area contributed by atoms with Gasteiger partial charge in [-0.1, -0.05) is 92.1 Å². The minimum atomic E-state index is -1.11. The van der Waals surface area contributed by atoms with Crippen LogP contribution in [-0.4, -0.2) is 117 Å². The molecule has 3 rings (SSSR count). The van der Waals surface area contributed by atoms with Crippen LogP contribution in [0.25, 0.3) is 0 Å². The summed E-state index contributed by atoms with van der Waals surface area (Å²) in [6.45, 7) is 15.8. The molecule has 0 saturated carbocycles. The molecular formula is C41H62N7O9S-. The summed E-state index contributed by atoms with van der Waals surface area (Å²) in [5.41, 5.74) is 0.143. The number of amides is 5. The highest BCUT2D eigenvalue weighted by Crippen LogP contribution is 2.25. The van der Waals surface area contributed by atoms with Crippen LogP contribution in [0, 0.1) is 11.8 Å². The minimum absolute atomic E-state index is 0.0103. The molecule has 16 nitrogen and oxygen atoms in total. The first-order valence-electron chi connectivity index (χ1n) is 20.2. The number of nitrogens with zero attached hydrogens (tertiary/aromatic N) is 3. The van der Waals surface area contributed by atoms with Gasteiger partial charge in [-0.15, -0.1) is 11.8 Å². The molecule has 1 aromatic rings. The average Bonchev–Trinajstić information content (AvgIpc) is 3.84. The lowest BCUT2D eigenvalue weighted by Gasteiger charge is -2.31. The summed E-state index contributed by atoms with van der Waals surface area (Å²) in [5.74, 6) is -3.95. The van der Waals surface area contributed by atoms with Gasteiger partial charge in [0.1, 0.15) is 30.3 Å². The van der Waals surface area contributed by atoms with E-state index in [1.54, 1.807) is 60.3 Å². The molecule has 58 heavy (non-hydrogen) atoms. The summed E-state index contributed by atoms with van der Waals surface area (Å²) in [7, 11) is 0. The van der Waals surface area contributed by atoms with Crippen molar-refractivity contribution in [3.63, 3.8) is 0 Å². The van der Waals surface area contributed by atoms with Crippen LogP contribution in [0.4, 0.5) is 0 Å². The Hall–Kier alpha value is -4.67. The van der Waals surface area contributed by atoms with Gasteiger partial charge in [-0.05, 0) is 50.0 Å². The summed E-state index contributed by atoms with van der Waals surface area (Å²) in [4.78, 5) is 89.4. The maximum absolute atomic E-state index is 13.8. The van der Waals surface area contributed by atoms with Crippen LogP contribution in [0.15, 0.2) is 40.3 Å². The lowest BCUT2D eigenvalue weighted by molar-refractivity contribution is -0.261. The van der Waals surface area contributed by atoms with Gasteiger partial charge in [0.2, 0.25) is 29.5 Å². The van der Waals surface area contributed by atoms with E-state index < -0.39 is 77.7 Å². The van der Waals surface area contributed by atoms with Gasteiger partial charge < -0.3 is 41.1 Å². The Balaban J connectivity index is 1.66. The number of carbonyl (C=O) groups excluding carboxylic acids is 5. The van der Waals surface area contributed by atoms with E-state index in [4.69, 9.17) is 4.74 Å². The second kappa shape index (κ2) is 21.9. The fourth-order valence-corrected chi connectivity index (χ4v) is 7.75. The van der Waals surface area contributed by atoms with E-state index in [0.717, 1.165) is 5.56 Å². The maximum Gasteiger partial charge on any atom is 0.329 e. The minimum Gasteiger partial charge on any atom is -0.595 e. The number of rotatable bonds is 19. The molecule has 1 aromatic carbocycles. The number of benzene rings is 1. The first kappa shape index (κ1) is 47.7. The molecule has 5 N–H and O–H groups in total. The normalized spacial score (nSPS) is 20.2. The molecule has 2 unspecified atom stereocenters. The predicted molar refractivity (Wildman–Crippen MR) is 221 cm³/mol. The molecule has 8 atom stereocenters. The van der Waals surface area contributed by atoms with Crippen molar-refractivity contribution in [3.8, 4) is 0 Å². The largest absolute Gasteiger partial charge is 0.595 e. The average molecular weight is 829 g/mol. The Labute approximate surface area is 346 Å². The maximum atomic E-state index is 13.8. The number of ether oxygens (including phenoxy) is 1. The van der Waals surface area contributed by atoms with Crippen molar-refractivity contribution in [2.45, 2.75) is 149 Å². The Kier molecular flexibility index (Phi) is 18.0. The van der Waals surface area contributed by atoms with Crippen molar-refractivity contribution >= 4 is 58.4 Å². The molecule has 322 valence electrons. The number of carbonyl (C=O) groups is 6. The predicted octanol–water partition coefficient (Wildman–Crippen LogP) is 2.18. The SMILES string of the molecule is CC[C@H](NC(=O)[C@H](N=C([O-])OC(C)(C)C)C(C)C)C(=O)NC(C(=O)N[C@@H](C)C(=O)N1CCCC1CC(=O)N[C@@H](Cc1ccccc1)C1=N[C@H](C(=O)O)CS1)[C@@H](C)CC. The van der Waals surface area contributed by atoms with Crippen LogP contribution in [0.2, 0.25) is 0 Å². The summed E-state index contributed by atoms with van der Waals surface area (Å²) in [6, 6.07) is 3.50. The van der Waals surface area contributed by atoms with Gasteiger partial charge in [-0.3, -0.25) is 34.0 Å². The van der Waals surface area contributed by atoms with Gasteiger partial charge in [-0.2, -0.15) is 0 Å². The summed E-state index contributed by atoms with van der Waals surface area (Å²) < 4.78 is 5.25. The van der Waals surface area contributed by atoms with Crippen LogP contribution in [0.1, 0.15) is 100.0 Å². The Morgan fingerprint density at radius 3 is 2.21 bits per heavy atom. The highest BCUT2D eigenvalue weighted by Gasteiger charge is 2.37. The fraction of sp³-hybridized carbons (Fsp3) is 0.659. The monoisotopic (exact) mass is 828 g/mol. The number of likely N-dealkylation sites (tertiary alicyclic amines) is 1. The number of carboxylic acids is 1. The van der Waals surface area contributed by atoms with E-state index in [2.05, 4.69) is 31.3 Å². The zero-order valence-electron chi connectivity index (χ0n) is 35.2. The Morgan fingerprint density at radius 2 is 1.64 bits per heavy atom. The molecular weight excluding hydrogens is 767 g/mol. The van der Waals surface area contributed by atoms with Crippen molar-refractivity contribution in [1.82, 2.24) is 26.2 Å². The molecule has 1 fully saturated rings. The lowest BCUT2D eigenvalue weighted by Crippen LogP contribution is -2.59. The van der Waals surface area contributed by atoms with Crippen LogP contribution in [0.5, 0.6) is 0 Å². The third-order valence-corrected chi connectivity index (χ3v) is 11.2. The quantitative estimate of drug-likeness (QED) is 0.101. The number of hydrogen-bond acceptors (Lipinski definition) is 11. The third kappa shape index (κ3) is 14.3. The third-order valence-electron chi connectivity index (χ3n) is 10.1. The molecule has 2 aliphatic heterocycles. The van der Waals surface area contributed by atoms with Crippen LogP contribution >= 0.6 is 11.8 Å². The molecule has 17 heteroatoms. The number of thioether (sulfide) groups is 1. The van der Waals surface area contributed by atoms with E-state index in [0.29, 0.717) is 37.3 Å². The second-order valence-electron chi connectivity index (χ2n) is 16.3. The topological polar surface area (TPSA) is 231 Å². The molecule has 0 aliphatic carbocycles. The van der Waals surface area contributed by atoms with E-state index >= 15 is 0 Å². The molecule has 1 saturated heterocycles. The van der Waals surface area contributed by atoms with E-state index in [1.165, 1.54) is 11.8 Å². The molecule has 5 amide bonds. The van der Waals surface area contributed by atoms with Gasteiger partial charge in [-0.25, -0.2) is 4.79 Å².